The molecule has 1 N–H and O–H groups in total. The predicted molar refractivity (Wildman–Crippen MR) is 79.0 cm³/mol. The van der Waals surface area contributed by atoms with Crippen LogP contribution >= 0.6 is 0 Å². The lowest BCUT2D eigenvalue weighted by Crippen LogP contribution is -2.07. The summed E-state index contributed by atoms with van der Waals surface area (Å²) in [5.74, 6) is 1.24. The molecule has 1 amide bonds. The highest BCUT2D eigenvalue weighted by Gasteiger charge is 2.13. The number of hydrogen-bond donors (Lipinski definition) is 1. The third kappa shape index (κ3) is 4.16. The molecule has 4 heteroatoms. The molecular weight excluding hydrogens is 254 g/mol. The SMILES string of the molecule is CC/C=C\CC/C=C/C(=O)Nc1ccc2c(c1)OCO2. The standard InChI is InChI=1S/C16H19NO3/c1-2-3-4-5-6-7-8-16(18)17-13-9-10-14-15(11-13)20-12-19-14/h3-4,7-11H,2,5-6,12H2,1H3,(H,17,18)/b4-3-,8-7+. The summed E-state index contributed by atoms with van der Waals surface area (Å²) in [5, 5.41) is 2.79. The zero-order valence-corrected chi connectivity index (χ0v) is 11.6. The van der Waals surface area contributed by atoms with E-state index in [9.17, 15) is 4.79 Å². The Labute approximate surface area is 119 Å². The minimum atomic E-state index is -0.136. The van der Waals surface area contributed by atoms with Crippen molar-refractivity contribution in [3.63, 3.8) is 0 Å². The van der Waals surface area contributed by atoms with Crippen LogP contribution in [0.25, 0.3) is 0 Å². The van der Waals surface area contributed by atoms with Crippen molar-refractivity contribution >= 4 is 11.6 Å². The lowest BCUT2D eigenvalue weighted by molar-refractivity contribution is -0.111. The summed E-state index contributed by atoms with van der Waals surface area (Å²) >= 11 is 0. The van der Waals surface area contributed by atoms with Gasteiger partial charge in [-0.2, -0.15) is 0 Å². The van der Waals surface area contributed by atoms with Crippen LogP contribution in [0.5, 0.6) is 11.5 Å². The molecule has 0 aromatic heterocycles. The highest BCUT2D eigenvalue weighted by atomic mass is 16.7. The number of carbonyl (C=O) groups is 1. The molecule has 20 heavy (non-hydrogen) atoms. The number of carbonyl (C=O) groups excluding carboxylic acids is 1. The molecule has 1 aliphatic rings. The van der Waals surface area contributed by atoms with Gasteiger partial charge in [0.25, 0.3) is 0 Å². The van der Waals surface area contributed by atoms with Crippen LogP contribution in [0, 0.1) is 0 Å². The van der Waals surface area contributed by atoms with E-state index in [1.807, 2.05) is 6.08 Å². The topological polar surface area (TPSA) is 47.6 Å². The van der Waals surface area contributed by atoms with E-state index in [-0.39, 0.29) is 12.7 Å². The number of benzene rings is 1. The molecule has 106 valence electrons. The molecule has 1 aromatic carbocycles. The fraction of sp³-hybridized carbons (Fsp3) is 0.312. The van der Waals surface area contributed by atoms with E-state index in [0.29, 0.717) is 17.2 Å². The van der Waals surface area contributed by atoms with Gasteiger partial charge in [-0.1, -0.05) is 25.2 Å². The van der Waals surface area contributed by atoms with Crippen molar-refractivity contribution in [3.8, 4) is 11.5 Å². The third-order valence-electron chi connectivity index (χ3n) is 2.81. The number of allylic oxidation sites excluding steroid dienone is 3. The Morgan fingerprint density at radius 2 is 2.00 bits per heavy atom. The summed E-state index contributed by atoms with van der Waals surface area (Å²) in [6, 6.07) is 5.35. The van der Waals surface area contributed by atoms with Gasteiger partial charge in [0.15, 0.2) is 11.5 Å². The lowest BCUT2D eigenvalue weighted by atomic mass is 10.2. The summed E-state index contributed by atoms with van der Waals surface area (Å²) in [6.45, 7) is 2.34. The third-order valence-corrected chi connectivity index (χ3v) is 2.81. The first-order chi connectivity index (χ1) is 9.79. The summed E-state index contributed by atoms with van der Waals surface area (Å²) in [5.41, 5.74) is 0.703. The molecule has 1 aliphatic heterocycles. The van der Waals surface area contributed by atoms with Gasteiger partial charge in [-0.05, 0) is 37.5 Å². The van der Waals surface area contributed by atoms with Gasteiger partial charge < -0.3 is 14.8 Å². The Hall–Kier alpha value is -2.23. The largest absolute Gasteiger partial charge is 0.454 e. The van der Waals surface area contributed by atoms with Crippen molar-refractivity contribution in [2.75, 3.05) is 12.1 Å². The highest BCUT2D eigenvalue weighted by molar-refractivity contribution is 5.99. The van der Waals surface area contributed by atoms with Gasteiger partial charge in [-0.3, -0.25) is 4.79 Å². The fourth-order valence-corrected chi connectivity index (χ4v) is 1.83. The first-order valence-corrected chi connectivity index (χ1v) is 6.81. The second kappa shape index (κ2) is 7.38. The van der Waals surface area contributed by atoms with Crippen molar-refractivity contribution in [1.29, 1.82) is 0 Å². The number of nitrogens with one attached hydrogen (secondary N) is 1. The quantitative estimate of drug-likeness (QED) is 0.489. The molecule has 0 unspecified atom stereocenters. The molecule has 4 nitrogen and oxygen atoms in total. The second-order valence-corrected chi connectivity index (χ2v) is 4.42. The van der Waals surface area contributed by atoms with Crippen LogP contribution in [0.3, 0.4) is 0 Å². The van der Waals surface area contributed by atoms with Gasteiger partial charge >= 0.3 is 0 Å². The maximum absolute atomic E-state index is 11.7. The van der Waals surface area contributed by atoms with E-state index in [1.54, 1.807) is 24.3 Å². The van der Waals surface area contributed by atoms with Gasteiger partial charge in [0.1, 0.15) is 0 Å². The Kier molecular flexibility index (Phi) is 5.24. The monoisotopic (exact) mass is 273 g/mol. The molecule has 1 aromatic rings. The second-order valence-electron chi connectivity index (χ2n) is 4.42. The smallest absolute Gasteiger partial charge is 0.248 e. The number of rotatable bonds is 6. The lowest BCUT2D eigenvalue weighted by Gasteiger charge is -2.03. The zero-order valence-electron chi connectivity index (χ0n) is 11.6. The van der Waals surface area contributed by atoms with Crippen LogP contribution in [0.1, 0.15) is 26.2 Å². The molecule has 0 saturated heterocycles. The maximum atomic E-state index is 11.7. The zero-order chi connectivity index (χ0) is 14.2. The summed E-state index contributed by atoms with van der Waals surface area (Å²) < 4.78 is 10.5. The van der Waals surface area contributed by atoms with E-state index in [1.165, 1.54) is 0 Å². The van der Waals surface area contributed by atoms with Crippen LogP contribution in [0.2, 0.25) is 0 Å². The minimum absolute atomic E-state index is 0.136. The molecule has 0 bridgehead atoms. The number of ether oxygens (including phenoxy) is 2. The number of unbranched alkanes of at least 4 members (excludes halogenated alkanes) is 1. The molecular formula is C16H19NO3. The van der Waals surface area contributed by atoms with Crippen molar-refractivity contribution in [2.45, 2.75) is 26.2 Å². The summed E-state index contributed by atoms with van der Waals surface area (Å²) in [7, 11) is 0. The van der Waals surface area contributed by atoms with Gasteiger partial charge in [0, 0.05) is 11.8 Å². The first-order valence-electron chi connectivity index (χ1n) is 6.81. The normalized spacial score (nSPS) is 13.2. The minimum Gasteiger partial charge on any atom is -0.454 e. The van der Waals surface area contributed by atoms with Crippen LogP contribution in [-0.4, -0.2) is 12.7 Å². The maximum Gasteiger partial charge on any atom is 0.248 e. The van der Waals surface area contributed by atoms with Crippen LogP contribution in [0.4, 0.5) is 5.69 Å². The molecule has 1 heterocycles. The Bertz CT molecular complexity index is 520. The van der Waals surface area contributed by atoms with Crippen molar-refractivity contribution < 1.29 is 14.3 Å². The number of fused-ring (bicyclic) bond motifs is 1. The molecule has 0 atom stereocenters. The molecule has 0 fully saturated rings. The number of amides is 1. The van der Waals surface area contributed by atoms with Crippen LogP contribution < -0.4 is 14.8 Å². The van der Waals surface area contributed by atoms with E-state index < -0.39 is 0 Å². The predicted octanol–water partition coefficient (Wildman–Crippen LogP) is 3.66. The highest BCUT2D eigenvalue weighted by Crippen LogP contribution is 2.34. The first kappa shape index (κ1) is 14.2. The average molecular weight is 273 g/mol. The summed E-state index contributed by atoms with van der Waals surface area (Å²) in [6.07, 6.45) is 10.6. The van der Waals surface area contributed by atoms with Crippen LogP contribution in [0.15, 0.2) is 42.5 Å². The van der Waals surface area contributed by atoms with Gasteiger partial charge in [0.2, 0.25) is 12.7 Å². The molecule has 0 saturated carbocycles. The fourth-order valence-electron chi connectivity index (χ4n) is 1.83. The van der Waals surface area contributed by atoms with E-state index in [2.05, 4.69) is 24.4 Å². The van der Waals surface area contributed by atoms with Gasteiger partial charge in [0.05, 0.1) is 0 Å². The Morgan fingerprint density at radius 1 is 1.20 bits per heavy atom. The Morgan fingerprint density at radius 3 is 2.85 bits per heavy atom. The Balaban J connectivity index is 1.79. The van der Waals surface area contributed by atoms with Crippen LogP contribution in [-0.2, 0) is 4.79 Å². The molecule has 0 spiro atoms. The number of hydrogen-bond acceptors (Lipinski definition) is 3. The van der Waals surface area contributed by atoms with Crippen molar-refractivity contribution in [2.24, 2.45) is 0 Å². The van der Waals surface area contributed by atoms with Gasteiger partial charge in [-0.15, -0.1) is 0 Å². The molecule has 0 aliphatic carbocycles. The van der Waals surface area contributed by atoms with E-state index in [4.69, 9.17) is 9.47 Å². The van der Waals surface area contributed by atoms with Crippen molar-refractivity contribution in [3.05, 3.63) is 42.5 Å². The van der Waals surface area contributed by atoms with Crippen molar-refractivity contribution in [1.82, 2.24) is 0 Å². The molecule has 0 radical (unpaired) electrons. The van der Waals surface area contributed by atoms with Gasteiger partial charge in [-0.25, -0.2) is 0 Å². The summed E-state index contributed by atoms with van der Waals surface area (Å²) in [4.78, 5) is 11.7. The van der Waals surface area contributed by atoms with E-state index >= 15 is 0 Å². The van der Waals surface area contributed by atoms with E-state index in [0.717, 1.165) is 19.3 Å². The molecule has 2 rings (SSSR count). The number of anilines is 1. The average Bonchev–Trinajstić information content (AvgIpc) is 2.90.